The Bertz CT molecular complexity index is 567. The van der Waals surface area contributed by atoms with Crippen LogP contribution in [-0.4, -0.2) is 13.1 Å². The Kier molecular flexibility index (Phi) is 4.58. The van der Waals surface area contributed by atoms with Crippen LogP contribution in [0, 0.1) is 0 Å². The maximum Gasteiger partial charge on any atom is 0.338 e. The predicted octanol–water partition coefficient (Wildman–Crippen LogP) is 3.85. The lowest BCUT2D eigenvalue weighted by Gasteiger charge is -2.10. The number of esters is 1. The van der Waals surface area contributed by atoms with Crippen LogP contribution in [0.15, 0.2) is 53.0 Å². The van der Waals surface area contributed by atoms with Gasteiger partial charge in [-0.05, 0) is 35.9 Å². The third-order valence-electron chi connectivity index (χ3n) is 2.75. The minimum absolute atomic E-state index is 0.312. The van der Waals surface area contributed by atoms with E-state index in [1.807, 2.05) is 42.5 Å². The van der Waals surface area contributed by atoms with Gasteiger partial charge in [-0.2, -0.15) is 0 Å². The fraction of sp³-hybridized carbons (Fsp3) is 0.133. The molecule has 0 aliphatic carbocycles. The number of hydrogen-bond acceptors (Lipinski definition) is 3. The Labute approximate surface area is 120 Å². The lowest BCUT2D eigenvalue weighted by molar-refractivity contribution is 0.0599. The minimum Gasteiger partial charge on any atom is -0.465 e. The highest BCUT2D eigenvalue weighted by molar-refractivity contribution is 9.10. The highest BCUT2D eigenvalue weighted by Gasteiger charge is 2.10. The number of rotatable bonds is 4. The summed E-state index contributed by atoms with van der Waals surface area (Å²) < 4.78 is 5.81. The Morgan fingerprint density at radius 3 is 2.53 bits per heavy atom. The first-order chi connectivity index (χ1) is 9.20. The molecule has 98 valence electrons. The van der Waals surface area contributed by atoms with Crippen molar-refractivity contribution in [3.63, 3.8) is 0 Å². The zero-order chi connectivity index (χ0) is 13.7. The SMILES string of the molecule is COC(=O)c1ccccc1CNc1ccc(Br)cc1. The van der Waals surface area contributed by atoms with Crippen LogP contribution >= 0.6 is 15.9 Å². The van der Waals surface area contributed by atoms with Gasteiger partial charge in [0.05, 0.1) is 12.7 Å². The minimum atomic E-state index is -0.312. The summed E-state index contributed by atoms with van der Waals surface area (Å²) in [5.74, 6) is -0.312. The molecule has 0 bridgehead atoms. The summed E-state index contributed by atoms with van der Waals surface area (Å²) in [6, 6.07) is 15.3. The number of carbonyl (C=O) groups excluding carboxylic acids is 1. The Balaban J connectivity index is 2.11. The molecule has 0 spiro atoms. The van der Waals surface area contributed by atoms with E-state index >= 15 is 0 Å². The Hall–Kier alpha value is -1.81. The second kappa shape index (κ2) is 6.38. The number of methoxy groups -OCH3 is 1. The van der Waals surface area contributed by atoms with Gasteiger partial charge in [-0.15, -0.1) is 0 Å². The van der Waals surface area contributed by atoms with Gasteiger partial charge in [0, 0.05) is 16.7 Å². The molecule has 0 saturated carbocycles. The van der Waals surface area contributed by atoms with Crippen LogP contribution in [0.2, 0.25) is 0 Å². The van der Waals surface area contributed by atoms with Crippen LogP contribution in [0.4, 0.5) is 5.69 Å². The number of halogens is 1. The molecule has 0 atom stereocenters. The molecule has 0 unspecified atom stereocenters. The molecule has 0 saturated heterocycles. The number of nitrogens with one attached hydrogen (secondary N) is 1. The van der Waals surface area contributed by atoms with Crippen molar-refractivity contribution in [2.75, 3.05) is 12.4 Å². The second-order valence-electron chi connectivity index (χ2n) is 4.01. The average molecular weight is 320 g/mol. The fourth-order valence-electron chi connectivity index (χ4n) is 1.75. The van der Waals surface area contributed by atoms with Crippen molar-refractivity contribution in [2.45, 2.75) is 6.54 Å². The van der Waals surface area contributed by atoms with Gasteiger partial charge in [0.2, 0.25) is 0 Å². The Morgan fingerprint density at radius 2 is 1.84 bits per heavy atom. The summed E-state index contributed by atoms with van der Waals surface area (Å²) in [7, 11) is 1.39. The quantitative estimate of drug-likeness (QED) is 0.870. The number of anilines is 1. The third kappa shape index (κ3) is 3.58. The van der Waals surface area contributed by atoms with Gasteiger partial charge in [-0.1, -0.05) is 34.1 Å². The number of hydrogen-bond donors (Lipinski definition) is 1. The van der Waals surface area contributed by atoms with E-state index in [-0.39, 0.29) is 5.97 Å². The topological polar surface area (TPSA) is 38.3 Å². The first kappa shape index (κ1) is 13.6. The van der Waals surface area contributed by atoms with Crippen molar-refractivity contribution in [2.24, 2.45) is 0 Å². The molecule has 0 aliphatic heterocycles. The second-order valence-corrected chi connectivity index (χ2v) is 4.92. The molecule has 1 N–H and O–H groups in total. The van der Waals surface area contributed by atoms with Crippen molar-refractivity contribution in [1.82, 2.24) is 0 Å². The highest BCUT2D eigenvalue weighted by atomic mass is 79.9. The van der Waals surface area contributed by atoms with E-state index in [2.05, 4.69) is 21.2 Å². The summed E-state index contributed by atoms with van der Waals surface area (Å²) in [6.45, 7) is 0.576. The molecule has 0 fully saturated rings. The van der Waals surface area contributed by atoms with Crippen LogP contribution in [0.5, 0.6) is 0 Å². The fourth-order valence-corrected chi connectivity index (χ4v) is 2.01. The summed E-state index contributed by atoms with van der Waals surface area (Å²) in [5, 5.41) is 3.28. The van der Waals surface area contributed by atoms with E-state index in [0.29, 0.717) is 12.1 Å². The molecule has 0 aromatic heterocycles. The molecular weight excluding hydrogens is 306 g/mol. The van der Waals surface area contributed by atoms with Gasteiger partial charge in [-0.25, -0.2) is 4.79 Å². The van der Waals surface area contributed by atoms with Crippen molar-refractivity contribution in [3.8, 4) is 0 Å². The van der Waals surface area contributed by atoms with E-state index in [0.717, 1.165) is 15.7 Å². The van der Waals surface area contributed by atoms with Gasteiger partial charge in [0.15, 0.2) is 0 Å². The van der Waals surface area contributed by atoms with E-state index in [9.17, 15) is 4.79 Å². The first-order valence-corrected chi connectivity index (χ1v) is 6.65. The number of benzene rings is 2. The van der Waals surface area contributed by atoms with E-state index in [1.54, 1.807) is 6.07 Å². The molecule has 2 rings (SSSR count). The maximum absolute atomic E-state index is 11.6. The van der Waals surface area contributed by atoms with E-state index < -0.39 is 0 Å². The van der Waals surface area contributed by atoms with Crippen molar-refractivity contribution in [1.29, 1.82) is 0 Å². The molecule has 19 heavy (non-hydrogen) atoms. The van der Waals surface area contributed by atoms with Crippen LogP contribution in [-0.2, 0) is 11.3 Å². The lowest BCUT2D eigenvalue weighted by atomic mass is 10.1. The molecule has 0 aliphatic rings. The van der Waals surface area contributed by atoms with Gasteiger partial charge < -0.3 is 10.1 Å². The summed E-state index contributed by atoms with van der Waals surface area (Å²) >= 11 is 3.39. The molecule has 0 amide bonds. The lowest BCUT2D eigenvalue weighted by Crippen LogP contribution is -2.08. The van der Waals surface area contributed by atoms with E-state index in [1.165, 1.54) is 7.11 Å². The Morgan fingerprint density at radius 1 is 1.16 bits per heavy atom. The number of carbonyl (C=O) groups is 1. The monoisotopic (exact) mass is 319 g/mol. The zero-order valence-corrected chi connectivity index (χ0v) is 12.1. The van der Waals surface area contributed by atoms with Gasteiger partial charge >= 0.3 is 5.97 Å². The molecule has 2 aromatic carbocycles. The first-order valence-electron chi connectivity index (χ1n) is 5.86. The van der Waals surface area contributed by atoms with Crippen LogP contribution < -0.4 is 5.32 Å². The van der Waals surface area contributed by atoms with Crippen molar-refractivity contribution in [3.05, 3.63) is 64.1 Å². The standard InChI is InChI=1S/C15H14BrNO2/c1-19-15(18)14-5-3-2-4-11(14)10-17-13-8-6-12(16)7-9-13/h2-9,17H,10H2,1H3. The maximum atomic E-state index is 11.6. The largest absolute Gasteiger partial charge is 0.465 e. The summed E-state index contributed by atoms with van der Waals surface area (Å²) in [4.78, 5) is 11.6. The zero-order valence-electron chi connectivity index (χ0n) is 10.5. The van der Waals surface area contributed by atoms with Gasteiger partial charge in [0.1, 0.15) is 0 Å². The molecule has 4 heteroatoms. The molecular formula is C15H14BrNO2. The molecule has 3 nitrogen and oxygen atoms in total. The van der Waals surface area contributed by atoms with Crippen LogP contribution in [0.1, 0.15) is 15.9 Å². The third-order valence-corrected chi connectivity index (χ3v) is 3.28. The average Bonchev–Trinajstić information content (AvgIpc) is 2.46. The predicted molar refractivity (Wildman–Crippen MR) is 79.3 cm³/mol. The van der Waals surface area contributed by atoms with Crippen LogP contribution in [0.3, 0.4) is 0 Å². The highest BCUT2D eigenvalue weighted by Crippen LogP contribution is 2.16. The van der Waals surface area contributed by atoms with Crippen molar-refractivity contribution < 1.29 is 9.53 Å². The van der Waals surface area contributed by atoms with E-state index in [4.69, 9.17) is 4.74 Å². The molecule has 2 aromatic rings. The normalized spacial score (nSPS) is 10.0. The number of ether oxygens (including phenoxy) is 1. The van der Waals surface area contributed by atoms with Gasteiger partial charge in [0.25, 0.3) is 0 Å². The van der Waals surface area contributed by atoms with Crippen LogP contribution in [0.25, 0.3) is 0 Å². The summed E-state index contributed by atoms with van der Waals surface area (Å²) in [6.07, 6.45) is 0. The molecule has 0 heterocycles. The van der Waals surface area contributed by atoms with Gasteiger partial charge in [-0.3, -0.25) is 0 Å². The smallest absolute Gasteiger partial charge is 0.338 e. The molecule has 0 radical (unpaired) electrons. The van der Waals surface area contributed by atoms with Crippen molar-refractivity contribution >= 4 is 27.6 Å². The summed E-state index contributed by atoms with van der Waals surface area (Å²) in [5.41, 5.74) is 2.51.